The number of benzene rings is 1. The van der Waals surface area contributed by atoms with Gasteiger partial charge >= 0.3 is 12.1 Å². The zero-order chi connectivity index (χ0) is 21.9. The molecule has 0 saturated heterocycles. The largest absolute Gasteiger partial charge is 0.504 e. The van der Waals surface area contributed by atoms with Gasteiger partial charge in [-0.15, -0.1) is 0 Å². The third kappa shape index (κ3) is 8.69. The number of rotatable bonds is 4. The van der Waals surface area contributed by atoms with Crippen molar-refractivity contribution in [1.29, 1.82) is 0 Å². The van der Waals surface area contributed by atoms with Crippen molar-refractivity contribution in [3.05, 3.63) is 17.2 Å². The number of aromatic hydroxyl groups is 1. The Bertz CT molecular complexity index is 734. The maximum absolute atomic E-state index is 12.4. The first-order valence-electron chi connectivity index (χ1n) is 9.09. The molecule has 0 heterocycles. The van der Waals surface area contributed by atoms with Gasteiger partial charge in [-0.3, -0.25) is 5.32 Å². The van der Waals surface area contributed by atoms with Crippen LogP contribution in [0.3, 0.4) is 0 Å². The molecule has 0 fully saturated rings. The van der Waals surface area contributed by atoms with Gasteiger partial charge in [0.2, 0.25) is 0 Å². The van der Waals surface area contributed by atoms with Gasteiger partial charge in [-0.05, 0) is 58.6 Å². The van der Waals surface area contributed by atoms with E-state index in [0.717, 1.165) is 6.42 Å². The van der Waals surface area contributed by atoms with Gasteiger partial charge in [0.15, 0.2) is 5.75 Å². The van der Waals surface area contributed by atoms with E-state index in [4.69, 9.17) is 16.3 Å². The van der Waals surface area contributed by atoms with Crippen molar-refractivity contribution in [2.75, 3.05) is 10.6 Å². The molecule has 0 aromatic heterocycles. The maximum Gasteiger partial charge on any atom is 0.412 e. The first kappa shape index (κ1) is 23.9. The number of carbonyl (C=O) groups is 2. The molecule has 1 rings (SSSR count). The van der Waals surface area contributed by atoms with Crippen molar-refractivity contribution in [3.63, 3.8) is 0 Å². The van der Waals surface area contributed by atoms with Crippen LogP contribution in [0.5, 0.6) is 5.75 Å². The lowest BCUT2D eigenvalue weighted by Gasteiger charge is -2.33. The van der Waals surface area contributed by atoms with Crippen LogP contribution in [0.2, 0.25) is 5.02 Å². The van der Waals surface area contributed by atoms with E-state index < -0.39 is 23.3 Å². The fourth-order valence-electron chi connectivity index (χ4n) is 3.02. The molecular weight excluding hydrogens is 382 g/mol. The lowest BCUT2D eigenvalue weighted by Crippen LogP contribution is -2.47. The number of phenolic OH excluding ortho intramolecular Hbond substituents is 1. The molecule has 28 heavy (non-hydrogen) atoms. The Kier molecular flexibility index (Phi) is 7.23. The summed E-state index contributed by atoms with van der Waals surface area (Å²) in [5, 5.41) is 18.1. The maximum atomic E-state index is 12.4. The van der Waals surface area contributed by atoms with E-state index in [1.54, 1.807) is 20.8 Å². The molecule has 3 amide bonds. The normalized spacial score (nSPS) is 12.3. The van der Waals surface area contributed by atoms with Crippen molar-refractivity contribution in [1.82, 2.24) is 5.32 Å². The molecule has 8 heteroatoms. The standard InChI is InChI=1S/C20H32ClN3O4/c1-18(2,3)11-20(7,8)24-16(26)22-12-9-13(21)15(25)14(10-12)23-17(27)28-19(4,5)6/h9-10,25H,11H2,1-8H3,(H,23,27)(H2,22,24,26). The van der Waals surface area contributed by atoms with Crippen LogP contribution < -0.4 is 16.0 Å². The Balaban J connectivity index is 2.91. The predicted octanol–water partition coefficient (Wildman–Crippen LogP) is 5.73. The van der Waals surface area contributed by atoms with Gasteiger partial charge in [-0.2, -0.15) is 0 Å². The minimum atomic E-state index is -0.744. The molecular formula is C20H32ClN3O4. The lowest BCUT2D eigenvalue weighted by atomic mass is 9.82. The monoisotopic (exact) mass is 413 g/mol. The highest BCUT2D eigenvalue weighted by Gasteiger charge is 2.27. The van der Waals surface area contributed by atoms with E-state index in [2.05, 4.69) is 36.7 Å². The topological polar surface area (TPSA) is 99.7 Å². The van der Waals surface area contributed by atoms with Gasteiger partial charge in [0.05, 0.1) is 10.7 Å². The Hall–Kier alpha value is -2.15. The summed E-state index contributed by atoms with van der Waals surface area (Å²) in [5.74, 6) is -0.313. The molecule has 0 aliphatic carbocycles. The molecule has 0 radical (unpaired) electrons. The number of carbonyl (C=O) groups excluding carboxylic acids is 2. The van der Waals surface area contributed by atoms with E-state index >= 15 is 0 Å². The Labute approximate surface area is 172 Å². The molecule has 0 bridgehead atoms. The number of anilines is 2. The molecule has 1 aromatic rings. The molecule has 0 aliphatic heterocycles. The van der Waals surface area contributed by atoms with Gasteiger partial charge in [-0.1, -0.05) is 32.4 Å². The minimum Gasteiger partial charge on any atom is -0.504 e. The van der Waals surface area contributed by atoms with Crippen LogP contribution in [0.15, 0.2) is 12.1 Å². The molecule has 0 atom stereocenters. The van der Waals surface area contributed by atoms with Gasteiger partial charge < -0.3 is 20.5 Å². The fraction of sp³-hybridized carbons (Fsp3) is 0.600. The van der Waals surface area contributed by atoms with Crippen LogP contribution >= 0.6 is 11.6 Å². The second-order valence-electron chi connectivity index (χ2n) is 9.68. The third-order valence-corrected chi connectivity index (χ3v) is 3.67. The van der Waals surface area contributed by atoms with Crippen molar-refractivity contribution in [2.45, 2.75) is 73.0 Å². The van der Waals surface area contributed by atoms with Crippen molar-refractivity contribution in [3.8, 4) is 5.75 Å². The number of hydrogen-bond donors (Lipinski definition) is 4. The summed E-state index contributed by atoms with van der Waals surface area (Å²) in [6.45, 7) is 15.4. The number of urea groups is 1. The average molecular weight is 414 g/mol. The summed E-state index contributed by atoms with van der Waals surface area (Å²) < 4.78 is 5.17. The molecule has 158 valence electrons. The Morgan fingerprint density at radius 1 is 1.04 bits per heavy atom. The zero-order valence-electron chi connectivity index (χ0n) is 17.9. The molecule has 0 unspecified atom stereocenters. The van der Waals surface area contributed by atoms with Gasteiger partial charge in [0.25, 0.3) is 0 Å². The number of phenols is 1. The van der Waals surface area contributed by atoms with E-state index in [0.29, 0.717) is 5.69 Å². The summed E-state index contributed by atoms with van der Waals surface area (Å²) in [4.78, 5) is 24.3. The molecule has 0 spiro atoms. The van der Waals surface area contributed by atoms with Crippen molar-refractivity contribution >= 4 is 35.1 Å². The van der Waals surface area contributed by atoms with E-state index in [-0.39, 0.29) is 21.9 Å². The average Bonchev–Trinajstić information content (AvgIpc) is 2.38. The van der Waals surface area contributed by atoms with E-state index in [9.17, 15) is 14.7 Å². The van der Waals surface area contributed by atoms with Crippen LogP contribution in [0, 0.1) is 5.41 Å². The first-order valence-corrected chi connectivity index (χ1v) is 9.47. The molecule has 4 N–H and O–H groups in total. The summed E-state index contributed by atoms with van der Waals surface area (Å²) in [5.41, 5.74) is -0.731. The zero-order valence-corrected chi connectivity index (χ0v) is 18.7. The number of nitrogens with one attached hydrogen (secondary N) is 3. The lowest BCUT2D eigenvalue weighted by molar-refractivity contribution is 0.0635. The van der Waals surface area contributed by atoms with E-state index in [1.165, 1.54) is 12.1 Å². The van der Waals surface area contributed by atoms with Crippen molar-refractivity contribution < 1.29 is 19.4 Å². The smallest absolute Gasteiger partial charge is 0.412 e. The predicted molar refractivity (Wildman–Crippen MR) is 113 cm³/mol. The first-order chi connectivity index (χ1) is 12.5. The Morgan fingerprint density at radius 3 is 2.11 bits per heavy atom. The summed E-state index contributed by atoms with van der Waals surface area (Å²) in [7, 11) is 0. The summed E-state index contributed by atoms with van der Waals surface area (Å²) in [6, 6.07) is 2.38. The number of amides is 3. The van der Waals surface area contributed by atoms with Crippen LogP contribution in [0.4, 0.5) is 21.0 Å². The van der Waals surface area contributed by atoms with Crippen LogP contribution in [-0.4, -0.2) is 28.4 Å². The number of hydrogen-bond acceptors (Lipinski definition) is 4. The number of halogens is 1. The van der Waals surface area contributed by atoms with Gasteiger partial charge in [0, 0.05) is 11.2 Å². The van der Waals surface area contributed by atoms with Gasteiger partial charge in [-0.25, -0.2) is 9.59 Å². The summed E-state index contributed by atoms with van der Waals surface area (Å²) in [6.07, 6.45) is 0.0293. The molecule has 1 aromatic carbocycles. The third-order valence-electron chi connectivity index (χ3n) is 3.38. The fourth-order valence-corrected chi connectivity index (χ4v) is 3.24. The SMILES string of the molecule is CC(C)(C)CC(C)(C)NC(=O)Nc1cc(Cl)c(O)c(NC(=O)OC(C)(C)C)c1. The Morgan fingerprint density at radius 2 is 1.61 bits per heavy atom. The quantitative estimate of drug-likeness (QED) is 0.374. The van der Waals surface area contributed by atoms with Crippen LogP contribution in [0.1, 0.15) is 61.8 Å². The molecule has 7 nitrogen and oxygen atoms in total. The van der Waals surface area contributed by atoms with Crippen LogP contribution in [0.25, 0.3) is 0 Å². The van der Waals surface area contributed by atoms with Crippen molar-refractivity contribution in [2.24, 2.45) is 5.41 Å². The minimum absolute atomic E-state index is 0.0159. The van der Waals surface area contributed by atoms with Crippen LogP contribution in [-0.2, 0) is 4.74 Å². The highest BCUT2D eigenvalue weighted by Crippen LogP contribution is 2.35. The second-order valence-corrected chi connectivity index (χ2v) is 10.1. The number of ether oxygens (including phenoxy) is 1. The van der Waals surface area contributed by atoms with E-state index in [1.807, 2.05) is 13.8 Å². The highest BCUT2D eigenvalue weighted by molar-refractivity contribution is 6.33. The molecule has 0 saturated carbocycles. The highest BCUT2D eigenvalue weighted by atomic mass is 35.5. The second kappa shape index (κ2) is 8.47. The molecule has 0 aliphatic rings. The summed E-state index contributed by atoms with van der Waals surface area (Å²) >= 11 is 6.03. The van der Waals surface area contributed by atoms with Gasteiger partial charge in [0.1, 0.15) is 5.60 Å².